The smallest absolute Gasteiger partial charge is 0.321 e. The van der Waals surface area contributed by atoms with E-state index in [1.54, 1.807) is 0 Å². The second-order valence-electron chi connectivity index (χ2n) is 7.83. The average Bonchev–Trinajstić information content (AvgIpc) is 2.75. The van der Waals surface area contributed by atoms with Crippen LogP contribution in [0.2, 0.25) is 0 Å². The Morgan fingerprint density at radius 2 is 1.60 bits per heavy atom. The minimum absolute atomic E-state index is 0.0576. The number of benzene rings is 2. The molecule has 0 unspecified atom stereocenters. The predicted molar refractivity (Wildman–Crippen MR) is 121 cm³/mol. The monoisotopic (exact) mass is 401 g/mol. The normalized spacial score (nSPS) is 14.0. The molecular formula is C24H27N5O. The van der Waals surface area contributed by atoms with Gasteiger partial charge in [0.1, 0.15) is 5.82 Å². The SMILES string of the molecule is Cc1ccc(NC(=O)N2CCN(c3cc(C)nc(-c4cccc(C)c4)n3)CC2)cc1. The molecule has 2 heterocycles. The van der Waals surface area contributed by atoms with Crippen molar-refractivity contribution in [3.05, 3.63) is 71.4 Å². The Hall–Kier alpha value is -3.41. The van der Waals surface area contributed by atoms with Crippen molar-refractivity contribution in [2.45, 2.75) is 20.8 Å². The second-order valence-corrected chi connectivity index (χ2v) is 7.83. The summed E-state index contributed by atoms with van der Waals surface area (Å²) in [5, 5.41) is 2.98. The number of carbonyl (C=O) groups is 1. The first-order valence-electron chi connectivity index (χ1n) is 10.3. The summed E-state index contributed by atoms with van der Waals surface area (Å²) in [5.41, 5.74) is 5.15. The first-order valence-corrected chi connectivity index (χ1v) is 10.3. The zero-order valence-electron chi connectivity index (χ0n) is 17.7. The Balaban J connectivity index is 1.42. The van der Waals surface area contributed by atoms with Gasteiger partial charge in [-0.3, -0.25) is 0 Å². The highest BCUT2D eigenvalue weighted by Crippen LogP contribution is 2.22. The molecule has 0 spiro atoms. The number of aromatic nitrogens is 2. The summed E-state index contributed by atoms with van der Waals surface area (Å²) in [6.45, 7) is 8.89. The van der Waals surface area contributed by atoms with Crippen LogP contribution in [0.15, 0.2) is 54.6 Å². The van der Waals surface area contributed by atoms with Crippen LogP contribution in [0.1, 0.15) is 16.8 Å². The highest BCUT2D eigenvalue weighted by atomic mass is 16.2. The third kappa shape index (κ3) is 4.59. The molecule has 0 atom stereocenters. The van der Waals surface area contributed by atoms with Crippen LogP contribution in [0, 0.1) is 20.8 Å². The maximum Gasteiger partial charge on any atom is 0.321 e. The zero-order valence-corrected chi connectivity index (χ0v) is 17.7. The van der Waals surface area contributed by atoms with Crippen molar-refractivity contribution in [3.63, 3.8) is 0 Å². The number of nitrogens with zero attached hydrogens (tertiary/aromatic N) is 4. The molecule has 1 N–H and O–H groups in total. The lowest BCUT2D eigenvalue weighted by Crippen LogP contribution is -2.50. The van der Waals surface area contributed by atoms with Crippen molar-refractivity contribution < 1.29 is 4.79 Å². The summed E-state index contributed by atoms with van der Waals surface area (Å²) in [6, 6.07) is 18.1. The standard InChI is InChI=1S/C24H27N5O/c1-17-7-9-21(10-8-17)26-24(30)29-13-11-28(12-14-29)22-16-19(3)25-23(27-22)20-6-4-5-18(2)15-20/h4-10,15-16H,11-14H2,1-3H3,(H,26,30). The van der Waals surface area contributed by atoms with E-state index in [-0.39, 0.29) is 6.03 Å². The first kappa shape index (κ1) is 19.9. The van der Waals surface area contributed by atoms with Crippen LogP contribution >= 0.6 is 0 Å². The molecule has 2 aromatic carbocycles. The number of amides is 2. The summed E-state index contributed by atoms with van der Waals surface area (Å²) >= 11 is 0. The van der Waals surface area contributed by atoms with Gasteiger partial charge >= 0.3 is 6.03 Å². The summed E-state index contributed by atoms with van der Waals surface area (Å²) < 4.78 is 0. The maximum absolute atomic E-state index is 12.6. The molecule has 0 bridgehead atoms. The quantitative estimate of drug-likeness (QED) is 0.706. The van der Waals surface area contributed by atoms with Gasteiger partial charge in [0.25, 0.3) is 0 Å². The Labute approximate surface area is 177 Å². The van der Waals surface area contributed by atoms with E-state index in [0.29, 0.717) is 13.1 Å². The number of urea groups is 1. The lowest BCUT2D eigenvalue weighted by molar-refractivity contribution is 0.208. The number of nitrogens with one attached hydrogen (secondary N) is 1. The number of aryl methyl sites for hydroxylation is 3. The fourth-order valence-corrected chi connectivity index (χ4v) is 3.61. The Bertz CT molecular complexity index is 1040. The number of carbonyl (C=O) groups excluding carboxylic acids is 1. The van der Waals surface area contributed by atoms with Crippen LogP contribution < -0.4 is 10.2 Å². The molecule has 1 aromatic heterocycles. The Morgan fingerprint density at radius 3 is 2.30 bits per heavy atom. The highest BCUT2D eigenvalue weighted by Gasteiger charge is 2.22. The molecule has 1 aliphatic heterocycles. The molecule has 0 aliphatic carbocycles. The van der Waals surface area contributed by atoms with Crippen LogP contribution in [0.25, 0.3) is 11.4 Å². The molecule has 1 fully saturated rings. The van der Waals surface area contributed by atoms with Crippen LogP contribution in [-0.2, 0) is 0 Å². The van der Waals surface area contributed by atoms with E-state index >= 15 is 0 Å². The third-order valence-corrected chi connectivity index (χ3v) is 5.31. The van der Waals surface area contributed by atoms with Crippen molar-refractivity contribution >= 4 is 17.5 Å². The number of hydrogen-bond donors (Lipinski definition) is 1. The summed E-state index contributed by atoms with van der Waals surface area (Å²) in [4.78, 5) is 26.1. The summed E-state index contributed by atoms with van der Waals surface area (Å²) in [5.74, 6) is 1.66. The van der Waals surface area contributed by atoms with Crippen LogP contribution in [0.3, 0.4) is 0 Å². The Morgan fingerprint density at radius 1 is 0.867 bits per heavy atom. The van der Waals surface area contributed by atoms with Crippen molar-refractivity contribution in [1.82, 2.24) is 14.9 Å². The molecule has 154 valence electrons. The Kier molecular flexibility index (Phi) is 5.65. The highest BCUT2D eigenvalue weighted by molar-refractivity contribution is 5.89. The first-order chi connectivity index (χ1) is 14.5. The van der Waals surface area contributed by atoms with Crippen LogP contribution in [-0.4, -0.2) is 47.1 Å². The van der Waals surface area contributed by atoms with Crippen molar-refractivity contribution in [3.8, 4) is 11.4 Å². The lowest BCUT2D eigenvalue weighted by Gasteiger charge is -2.35. The van der Waals surface area contributed by atoms with Crippen LogP contribution in [0.5, 0.6) is 0 Å². The summed E-state index contributed by atoms with van der Waals surface area (Å²) in [7, 11) is 0. The maximum atomic E-state index is 12.6. The van der Waals surface area contributed by atoms with E-state index in [4.69, 9.17) is 4.98 Å². The second kappa shape index (κ2) is 8.53. The minimum Gasteiger partial charge on any atom is -0.353 e. The minimum atomic E-state index is -0.0576. The fourth-order valence-electron chi connectivity index (χ4n) is 3.61. The van der Waals surface area contributed by atoms with Gasteiger partial charge in [-0.25, -0.2) is 14.8 Å². The van der Waals surface area contributed by atoms with Gasteiger partial charge in [-0.1, -0.05) is 41.5 Å². The van der Waals surface area contributed by atoms with Gasteiger partial charge in [0.15, 0.2) is 5.82 Å². The van der Waals surface area contributed by atoms with E-state index in [0.717, 1.165) is 41.7 Å². The van der Waals surface area contributed by atoms with E-state index in [1.807, 2.05) is 61.2 Å². The number of hydrogen-bond acceptors (Lipinski definition) is 4. The molecule has 6 nitrogen and oxygen atoms in total. The average molecular weight is 402 g/mol. The predicted octanol–water partition coefficient (Wildman–Crippen LogP) is 4.42. The van der Waals surface area contributed by atoms with Gasteiger partial charge in [0, 0.05) is 49.2 Å². The van der Waals surface area contributed by atoms with E-state index in [2.05, 4.69) is 34.3 Å². The third-order valence-electron chi connectivity index (χ3n) is 5.31. The molecular weight excluding hydrogens is 374 g/mol. The van der Waals surface area contributed by atoms with Gasteiger partial charge in [-0.15, -0.1) is 0 Å². The molecule has 3 aromatic rings. The fraction of sp³-hybridized carbons (Fsp3) is 0.292. The molecule has 4 rings (SSSR count). The number of anilines is 2. The summed E-state index contributed by atoms with van der Waals surface area (Å²) in [6.07, 6.45) is 0. The molecule has 2 amide bonds. The molecule has 0 radical (unpaired) electrons. The van der Waals surface area contributed by atoms with Crippen molar-refractivity contribution in [2.75, 3.05) is 36.4 Å². The topological polar surface area (TPSA) is 61.4 Å². The van der Waals surface area contributed by atoms with Gasteiger partial charge in [0.2, 0.25) is 0 Å². The van der Waals surface area contributed by atoms with Gasteiger partial charge in [-0.05, 0) is 39.0 Å². The zero-order chi connectivity index (χ0) is 21.1. The largest absolute Gasteiger partial charge is 0.353 e. The van der Waals surface area contributed by atoms with Crippen molar-refractivity contribution in [2.24, 2.45) is 0 Å². The van der Waals surface area contributed by atoms with Gasteiger partial charge in [-0.2, -0.15) is 0 Å². The molecule has 0 saturated carbocycles. The van der Waals surface area contributed by atoms with Crippen LogP contribution in [0.4, 0.5) is 16.3 Å². The van der Waals surface area contributed by atoms with Gasteiger partial charge in [0.05, 0.1) is 0 Å². The van der Waals surface area contributed by atoms with Crippen molar-refractivity contribution in [1.29, 1.82) is 0 Å². The lowest BCUT2D eigenvalue weighted by atomic mass is 10.1. The molecule has 6 heteroatoms. The van der Waals surface area contributed by atoms with E-state index in [9.17, 15) is 4.79 Å². The molecule has 30 heavy (non-hydrogen) atoms. The number of rotatable bonds is 3. The number of piperazine rings is 1. The molecule has 1 aliphatic rings. The van der Waals surface area contributed by atoms with E-state index in [1.165, 1.54) is 11.1 Å². The van der Waals surface area contributed by atoms with Gasteiger partial charge < -0.3 is 15.1 Å². The molecule has 1 saturated heterocycles. The van der Waals surface area contributed by atoms with E-state index < -0.39 is 0 Å².